The molecule has 0 atom stereocenters. The number of hydrogen-bond donors (Lipinski definition) is 0. The van der Waals surface area contributed by atoms with Crippen LogP contribution < -0.4 is 0 Å². The SMILES string of the molecule is CC(C)[Si](C#Cc1ccc(C#Cc2ccccc2C#Cc2ccccc2C#Cc2ccccc2C#Cc2ccc(C#C[Si](C(C)C)(C(C)C)C(C)C)cc2)cc1)(C(C)C)C(C)C. The Labute approximate surface area is 377 Å². The zero-order valence-electron chi connectivity index (χ0n) is 39.0. The van der Waals surface area contributed by atoms with Gasteiger partial charge in [-0.3, -0.25) is 0 Å². The lowest BCUT2D eigenvalue weighted by molar-refractivity contribution is 0.838. The topological polar surface area (TPSA) is 0 Å². The summed E-state index contributed by atoms with van der Waals surface area (Å²) in [4.78, 5) is 0. The van der Waals surface area contributed by atoms with E-state index in [1.165, 1.54) is 0 Å². The van der Waals surface area contributed by atoms with E-state index < -0.39 is 16.1 Å². The van der Waals surface area contributed by atoms with Crippen LogP contribution in [0.5, 0.6) is 0 Å². The van der Waals surface area contributed by atoms with Gasteiger partial charge in [0.25, 0.3) is 0 Å². The van der Waals surface area contributed by atoms with Crippen LogP contribution in [0, 0.1) is 70.3 Å². The van der Waals surface area contributed by atoms with Gasteiger partial charge >= 0.3 is 0 Å². The van der Waals surface area contributed by atoms with Crippen LogP contribution in [0.2, 0.25) is 33.2 Å². The third-order valence-corrected chi connectivity index (χ3v) is 25.1. The molecule has 310 valence electrons. The van der Waals surface area contributed by atoms with Gasteiger partial charge in [-0.1, -0.05) is 179 Å². The van der Waals surface area contributed by atoms with Crippen molar-refractivity contribution in [2.24, 2.45) is 0 Å². The molecule has 0 radical (unpaired) electrons. The lowest BCUT2D eigenvalue weighted by Gasteiger charge is -2.38. The van der Waals surface area contributed by atoms with E-state index in [9.17, 15) is 0 Å². The smallest absolute Gasteiger partial charge is 0.125 e. The third-order valence-electron chi connectivity index (χ3n) is 12.5. The molecule has 0 aliphatic heterocycles. The normalized spacial score (nSPS) is 11.0. The highest BCUT2D eigenvalue weighted by Crippen LogP contribution is 2.42. The first-order valence-electron chi connectivity index (χ1n) is 22.3. The molecule has 0 spiro atoms. The largest absolute Gasteiger partial charge is 0.146 e. The molecule has 0 nitrogen and oxygen atoms in total. The van der Waals surface area contributed by atoms with E-state index in [4.69, 9.17) is 0 Å². The second-order valence-corrected chi connectivity index (χ2v) is 29.2. The fraction of sp³-hybridized carbons (Fsp3) is 0.300. The Morgan fingerprint density at radius 2 is 0.419 bits per heavy atom. The minimum absolute atomic E-state index is 0.603. The summed E-state index contributed by atoms with van der Waals surface area (Å²) in [5.41, 5.74) is 20.5. The first kappa shape index (κ1) is 47.0. The van der Waals surface area contributed by atoms with Crippen molar-refractivity contribution in [3.63, 3.8) is 0 Å². The molecule has 62 heavy (non-hydrogen) atoms. The Kier molecular flexibility index (Phi) is 16.4. The first-order chi connectivity index (χ1) is 29.7. The monoisotopic (exact) mass is 838 g/mol. The van der Waals surface area contributed by atoms with Crippen molar-refractivity contribution in [1.82, 2.24) is 0 Å². The van der Waals surface area contributed by atoms with Crippen LogP contribution in [0.15, 0.2) is 121 Å². The van der Waals surface area contributed by atoms with Gasteiger partial charge in [0.05, 0.1) is 0 Å². The molecule has 0 aliphatic carbocycles. The van der Waals surface area contributed by atoms with Gasteiger partial charge in [0.15, 0.2) is 0 Å². The quantitative estimate of drug-likeness (QED) is 0.118. The van der Waals surface area contributed by atoms with E-state index in [-0.39, 0.29) is 0 Å². The Morgan fingerprint density at radius 1 is 0.242 bits per heavy atom. The molecule has 0 N–H and O–H groups in total. The van der Waals surface area contributed by atoms with Crippen molar-refractivity contribution >= 4 is 16.1 Å². The van der Waals surface area contributed by atoms with E-state index in [0.29, 0.717) is 33.2 Å². The highest BCUT2D eigenvalue weighted by Gasteiger charge is 2.42. The van der Waals surface area contributed by atoms with Crippen molar-refractivity contribution < 1.29 is 0 Å². The molecule has 0 fully saturated rings. The molecule has 0 unspecified atom stereocenters. The molecule has 2 heteroatoms. The summed E-state index contributed by atoms with van der Waals surface area (Å²) in [6, 6.07) is 40.8. The van der Waals surface area contributed by atoms with Crippen LogP contribution in [0.1, 0.15) is 139 Å². The maximum absolute atomic E-state index is 3.83. The zero-order valence-corrected chi connectivity index (χ0v) is 41.0. The molecule has 0 saturated heterocycles. The number of rotatable bonds is 6. The number of benzene rings is 5. The van der Waals surface area contributed by atoms with Gasteiger partial charge in [0.1, 0.15) is 16.1 Å². The first-order valence-corrected chi connectivity index (χ1v) is 26.7. The van der Waals surface area contributed by atoms with Crippen molar-refractivity contribution in [3.05, 3.63) is 177 Å². The average molecular weight is 839 g/mol. The average Bonchev–Trinajstić information content (AvgIpc) is 3.25. The lowest BCUT2D eigenvalue weighted by Crippen LogP contribution is -2.43. The molecule has 0 saturated carbocycles. The lowest BCUT2D eigenvalue weighted by atomic mass is 10.0. The Balaban J connectivity index is 1.34. The van der Waals surface area contributed by atoms with Crippen LogP contribution in [0.3, 0.4) is 0 Å². The van der Waals surface area contributed by atoms with Gasteiger partial charge in [-0.15, -0.1) is 11.1 Å². The molecule has 0 aromatic heterocycles. The molecule has 5 aromatic rings. The fourth-order valence-corrected chi connectivity index (χ4v) is 19.6. The van der Waals surface area contributed by atoms with Crippen molar-refractivity contribution in [1.29, 1.82) is 0 Å². The molecule has 0 aliphatic rings. The van der Waals surface area contributed by atoms with Crippen molar-refractivity contribution in [2.75, 3.05) is 0 Å². The van der Waals surface area contributed by atoms with E-state index in [1.807, 2.05) is 72.8 Å². The summed E-state index contributed by atoms with van der Waals surface area (Å²) < 4.78 is 0. The van der Waals surface area contributed by atoms with E-state index in [1.54, 1.807) is 0 Å². The molecule has 0 heterocycles. The van der Waals surface area contributed by atoms with E-state index in [0.717, 1.165) is 55.6 Å². The number of hydrogen-bond acceptors (Lipinski definition) is 0. The molecular weight excluding hydrogens is 777 g/mol. The van der Waals surface area contributed by atoms with Crippen LogP contribution in [0.4, 0.5) is 0 Å². The Bertz CT molecular complexity index is 2490. The van der Waals surface area contributed by atoms with Gasteiger partial charge in [0.2, 0.25) is 0 Å². The standard InChI is InChI=1S/C60H62Si2/c1-45(2)61(46(3)4,47(5)6)43-41-53-29-25-51(26-30-53)33-35-55-19-13-15-21-57(55)37-39-59-23-17-18-24-60(59)40-38-58-22-16-14-20-56(58)36-34-52-27-31-54(32-28-52)42-44-62(48(7)8,49(9)10)50(11)12/h13-32,45-50H,1-12H3. The van der Waals surface area contributed by atoms with Crippen molar-refractivity contribution in [2.45, 2.75) is 116 Å². The van der Waals surface area contributed by atoms with Gasteiger partial charge in [-0.2, -0.15) is 0 Å². The second kappa shape index (κ2) is 21.6. The summed E-state index contributed by atoms with van der Waals surface area (Å²) >= 11 is 0. The minimum Gasteiger partial charge on any atom is -0.125 e. The molecule has 0 bridgehead atoms. The molecule has 0 amide bonds. The summed E-state index contributed by atoms with van der Waals surface area (Å²) in [5.74, 6) is 34.1. The van der Waals surface area contributed by atoms with Crippen LogP contribution in [-0.2, 0) is 0 Å². The minimum atomic E-state index is -1.79. The third kappa shape index (κ3) is 11.4. The molecular formula is C60H62Si2. The second-order valence-electron chi connectivity index (χ2n) is 18.1. The summed E-state index contributed by atoms with van der Waals surface area (Å²) in [7, 11) is -3.58. The Hall–Kier alpha value is -6.11. The highest BCUT2D eigenvalue weighted by molar-refractivity contribution is 6.91. The summed E-state index contributed by atoms with van der Waals surface area (Å²) in [6.45, 7) is 28.2. The zero-order chi connectivity index (χ0) is 44.9. The van der Waals surface area contributed by atoms with Gasteiger partial charge < -0.3 is 0 Å². The predicted molar refractivity (Wildman–Crippen MR) is 272 cm³/mol. The van der Waals surface area contributed by atoms with Crippen LogP contribution in [0.25, 0.3) is 0 Å². The molecule has 5 aromatic carbocycles. The fourth-order valence-electron chi connectivity index (χ4n) is 9.15. The van der Waals surface area contributed by atoms with E-state index in [2.05, 4.69) is 202 Å². The van der Waals surface area contributed by atoms with Crippen LogP contribution in [-0.4, -0.2) is 16.1 Å². The van der Waals surface area contributed by atoms with Gasteiger partial charge in [-0.25, -0.2) is 0 Å². The predicted octanol–water partition coefficient (Wildman–Crippen LogP) is 14.4. The van der Waals surface area contributed by atoms with Gasteiger partial charge in [-0.05, 0) is 118 Å². The Morgan fingerprint density at radius 3 is 0.613 bits per heavy atom. The van der Waals surface area contributed by atoms with Crippen molar-refractivity contribution in [3.8, 4) is 70.3 Å². The summed E-state index contributed by atoms with van der Waals surface area (Å²) in [6.07, 6.45) is 0. The maximum atomic E-state index is 3.83. The summed E-state index contributed by atoms with van der Waals surface area (Å²) in [5, 5.41) is 0. The highest BCUT2D eigenvalue weighted by atomic mass is 28.3. The van der Waals surface area contributed by atoms with E-state index >= 15 is 0 Å². The van der Waals surface area contributed by atoms with Crippen LogP contribution >= 0.6 is 0 Å². The van der Waals surface area contributed by atoms with Gasteiger partial charge in [0, 0.05) is 55.6 Å². The maximum Gasteiger partial charge on any atom is 0.146 e. The molecule has 5 rings (SSSR count).